The summed E-state index contributed by atoms with van der Waals surface area (Å²) in [6, 6.07) is 7.50. The Kier molecular flexibility index (Phi) is 7.34. The molecular weight excluding hydrogens is 300 g/mol. The van der Waals surface area contributed by atoms with Crippen molar-refractivity contribution < 1.29 is 8.42 Å². The Morgan fingerprint density at radius 3 is 2.23 bits per heavy atom. The molecule has 0 fully saturated rings. The average Bonchev–Trinajstić information content (AvgIpc) is 2.48. The quantitative estimate of drug-likeness (QED) is 0.517. The summed E-state index contributed by atoms with van der Waals surface area (Å²) in [5, 5.41) is 6.47. The summed E-state index contributed by atoms with van der Waals surface area (Å²) in [5.41, 5.74) is 1.83. The smallest absolute Gasteiger partial charge is 0.215 e. The minimum Gasteiger partial charge on any atom is -0.356 e. The van der Waals surface area contributed by atoms with Crippen molar-refractivity contribution in [1.29, 1.82) is 0 Å². The molecule has 0 heterocycles. The third-order valence-corrected chi connectivity index (χ3v) is 4.39. The van der Waals surface area contributed by atoms with E-state index < -0.39 is 10.0 Å². The Bertz CT molecular complexity index is 580. The number of nitrogens with one attached hydrogen (secondary N) is 3. The van der Waals surface area contributed by atoms with E-state index in [1.807, 2.05) is 24.3 Å². The van der Waals surface area contributed by atoms with Crippen molar-refractivity contribution in [3.8, 4) is 0 Å². The maximum Gasteiger partial charge on any atom is 0.215 e. The lowest BCUT2D eigenvalue weighted by Crippen LogP contribution is -2.38. The monoisotopic (exact) mass is 326 g/mol. The van der Waals surface area contributed by atoms with Crippen LogP contribution in [-0.2, 0) is 22.3 Å². The molecule has 1 aromatic rings. The van der Waals surface area contributed by atoms with Gasteiger partial charge in [0.2, 0.25) is 10.0 Å². The Labute approximate surface area is 133 Å². The van der Waals surface area contributed by atoms with Crippen LogP contribution in [0, 0.1) is 5.92 Å². The molecule has 0 aliphatic heterocycles. The van der Waals surface area contributed by atoms with Gasteiger partial charge in [-0.3, -0.25) is 4.99 Å². The second-order valence-corrected chi connectivity index (χ2v) is 7.41. The van der Waals surface area contributed by atoms with Crippen LogP contribution >= 0.6 is 0 Å². The topological polar surface area (TPSA) is 82.6 Å². The SMILES string of the molecule is CN=C(NCc1ccc(CS(=O)(=O)NC)cc1)NCC(C)C. The fraction of sp³-hybridized carbons (Fsp3) is 0.533. The van der Waals surface area contributed by atoms with Gasteiger partial charge in [-0.15, -0.1) is 0 Å². The zero-order valence-electron chi connectivity index (χ0n) is 13.7. The van der Waals surface area contributed by atoms with Crippen LogP contribution in [0.25, 0.3) is 0 Å². The molecule has 0 aliphatic rings. The van der Waals surface area contributed by atoms with Crippen molar-refractivity contribution in [1.82, 2.24) is 15.4 Å². The molecule has 0 saturated heterocycles. The van der Waals surface area contributed by atoms with Crippen LogP contribution in [0.1, 0.15) is 25.0 Å². The summed E-state index contributed by atoms with van der Waals surface area (Å²) in [6.45, 7) is 5.77. The zero-order chi connectivity index (χ0) is 16.6. The first-order valence-electron chi connectivity index (χ1n) is 7.30. The van der Waals surface area contributed by atoms with Crippen LogP contribution in [-0.4, -0.2) is 35.0 Å². The molecule has 0 unspecified atom stereocenters. The first-order valence-corrected chi connectivity index (χ1v) is 8.95. The molecular formula is C15H26N4O2S. The van der Waals surface area contributed by atoms with Gasteiger partial charge in [0.15, 0.2) is 5.96 Å². The summed E-state index contributed by atoms with van der Waals surface area (Å²) in [4.78, 5) is 4.16. The number of rotatable bonds is 7. The fourth-order valence-electron chi connectivity index (χ4n) is 1.75. The first kappa shape index (κ1) is 18.4. The lowest BCUT2D eigenvalue weighted by Gasteiger charge is -2.13. The number of aliphatic imine (C=N–C) groups is 1. The van der Waals surface area contributed by atoms with Gasteiger partial charge in [-0.2, -0.15) is 0 Å². The summed E-state index contributed by atoms with van der Waals surface area (Å²) < 4.78 is 25.3. The van der Waals surface area contributed by atoms with Gasteiger partial charge in [0.1, 0.15) is 0 Å². The van der Waals surface area contributed by atoms with E-state index in [0.29, 0.717) is 12.5 Å². The van der Waals surface area contributed by atoms with Crippen molar-refractivity contribution >= 4 is 16.0 Å². The summed E-state index contributed by atoms with van der Waals surface area (Å²) >= 11 is 0. The number of benzene rings is 1. The van der Waals surface area contributed by atoms with Crippen LogP contribution in [0.2, 0.25) is 0 Å². The normalized spacial score (nSPS) is 12.5. The van der Waals surface area contributed by atoms with E-state index in [1.165, 1.54) is 7.05 Å². The van der Waals surface area contributed by atoms with Crippen LogP contribution in [0.5, 0.6) is 0 Å². The first-order chi connectivity index (χ1) is 10.4. The number of guanidine groups is 1. The third kappa shape index (κ3) is 6.91. The predicted molar refractivity (Wildman–Crippen MR) is 91.2 cm³/mol. The van der Waals surface area contributed by atoms with Gasteiger partial charge in [0, 0.05) is 20.1 Å². The van der Waals surface area contributed by atoms with E-state index in [2.05, 4.69) is 34.2 Å². The Morgan fingerprint density at radius 1 is 1.14 bits per heavy atom. The van der Waals surface area contributed by atoms with Gasteiger partial charge in [-0.05, 0) is 24.1 Å². The minimum absolute atomic E-state index is 0.00514. The number of sulfonamides is 1. The molecule has 0 atom stereocenters. The van der Waals surface area contributed by atoms with Crippen LogP contribution in [0.4, 0.5) is 0 Å². The Balaban J connectivity index is 2.54. The average molecular weight is 326 g/mol. The molecule has 124 valence electrons. The summed E-state index contributed by atoms with van der Waals surface area (Å²) in [5.74, 6) is 1.30. The summed E-state index contributed by atoms with van der Waals surface area (Å²) in [7, 11) is -0.0678. The highest BCUT2D eigenvalue weighted by molar-refractivity contribution is 7.88. The van der Waals surface area contributed by atoms with Gasteiger partial charge < -0.3 is 10.6 Å². The molecule has 0 bridgehead atoms. The Morgan fingerprint density at radius 2 is 1.73 bits per heavy atom. The standard InChI is InChI=1S/C15H26N4O2S/c1-12(2)9-18-15(16-3)19-10-13-5-7-14(8-6-13)11-22(20,21)17-4/h5-8,12,17H,9-11H2,1-4H3,(H2,16,18,19). The van der Waals surface area contributed by atoms with Crippen molar-refractivity contribution in [3.63, 3.8) is 0 Å². The van der Waals surface area contributed by atoms with Crippen LogP contribution in [0.3, 0.4) is 0 Å². The largest absolute Gasteiger partial charge is 0.356 e. The van der Waals surface area contributed by atoms with Crippen LogP contribution in [0.15, 0.2) is 29.3 Å². The fourth-order valence-corrected chi connectivity index (χ4v) is 2.53. The minimum atomic E-state index is -3.23. The van der Waals surface area contributed by atoms with E-state index in [1.54, 1.807) is 7.05 Å². The van der Waals surface area contributed by atoms with Crippen molar-refractivity contribution in [2.45, 2.75) is 26.1 Å². The maximum atomic E-state index is 11.5. The van der Waals surface area contributed by atoms with Gasteiger partial charge in [-0.25, -0.2) is 13.1 Å². The lowest BCUT2D eigenvalue weighted by molar-refractivity contribution is 0.587. The molecule has 0 saturated carbocycles. The second-order valence-electron chi connectivity index (χ2n) is 5.48. The van der Waals surface area contributed by atoms with Gasteiger partial charge in [0.05, 0.1) is 5.75 Å². The third-order valence-electron chi connectivity index (χ3n) is 3.05. The molecule has 7 heteroatoms. The molecule has 0 spiro atoms. The van der Waals surface area contributed by atoms with E-state index >= 15 is 0 Å². The summed E-state index contributed by atoms with van der Waals surface area (Å²) in [6.07, 6.45) is 0. The van der Waals surface area contributed by atoms with Crippen molar-refractivity contribution in [2.75, 3.05) is 20.6 Å². The van der Waals surface area contributed by atoms with Crippen LogP contribution < -0.4 is 15.4 Å². The van der Waals surface area contributed by atoms with Gasteiger partial charge >= 0.3 is 0 Å². The van der Waals surface area contributed by atoms with E-state index in [-0.39, 0.29) is 5.75 Å². The highest BCUT2D eigenvalue weighted by atomic mass is 32.2. The van der Waals surface area contributed by atoms with Gasteiger partial charge in [-0.1, -0.05) is 38.1 Å². The predicted octanol–water partition coefficient (Wildman–Crippen LogP) is 1.06. The molecule has 0 aliphatic carbocycles. The molecule has 6 nitrogen and oxygen atoms in total. The highest BCUT2D eigenvalue weighted by Gasteiger charge is 2.08. The van der Waals surface area contributed by atoms with Gasteiger partial charge in [0.25, 0.3) is 0 Å². The number of hydrogen-bond acceptors (Lipinski definition) is 3. The Hall–Kier alpha value is -1.60. The van der Waals surface area contributed by atoms with Crippen molar-refractivity contribution in [3.05, 3.63) is 35.4 Å². The highest BCUT2D eigenvalue weighted by Crippen LogP contribution is 2.07. The maximum absolute atomic E-state index is 11.5. The molecule has 0 aromatic heterocycles. The van der Waals surface area contributed by atoms with E-state index in [4.69, 9.17) is 0 Å². The molecule has 1 rings (SSSR count). The molecule has 0 amide bonds. The van der Waals surface area contributed by atoms with E-state index in [9.17, 15) is 8.42 Å². The molecule has 0 radical (unpaired) electrons. The molecule has 1 aromatic carbocycles. The zero-order valence-corrected chi connectivity index (χ0v) is 14.5. The molecule has 3 N–H and O–H groups in total. The number of nitrogens with zero attached hydrogens (tertiary/aromatic N) is 1. The second kappa shape index (κ2) is 8.75. The number of hydrogen-bond donors (Lipinski definition) is 3. The van der Waals surface area contributed by atoms with E-state index in [0.717, 1.165) is 23.6 Å². The molecule has 22 heavy (non-hydrogen) atoms. The lowest BCUT2D eigenvalue weighted by atomic mass is 10.1. The van der Waals surface area contributed by atoms with Crippen molar-refractivity contribution in [2.24, 2.45) is 10.9 Å².